The minimum Gasteiger partial charge on any atom is -0.362 e. The van der Waals surface area contributed by atoms with E-state index in [1.807, 2.05) is 64.0 Å². The normalized spacial score (nSPS) is 14.2. The van der Waals surface area contributed by atoms with Crippen molar-refractivity contribution in [2.75, 3.05) is 25.5 Å². The number of rotatable bonds is 6. The molecule has 2 N–H and O–H groups in total. The molecule has 2 aliphatic rings. The summed E-state index contributed by atoms with van der Waals surface area (Å²) >= 11 is 0. The van der Waals surface area contributed by atoms with E-state index in [2.05, 4.69) is 87.0 Å². The maximum Gasteiger partial charge on any atom is 0.139 e. The molecule has 3 aromatic carbocycles. The van der Waals surface area contributed by atoms with Gasteiger partial charge in [-0.25, -0.2) is 9.97 Å². The quantitative estimate of drug-likeness (QED) is 0.207. The number of H-pyrrole nitrogens is 1. The summed E-state index contributed by atoms with van der Waals surface area (Å²) in [7, 11) is 3.99. The van der Waals surface area contributed by atoms with Gasteiger partial charge in [-0.15, -0.1) is 0 Å². The summed E-state index contributed by atoms with van der Waals surface area (Å²) in [5, 5.41) is 10.1. The summed E-state index contributed by atoms with van der Waals surface area (Å²) in [5.74, 6) is 2.64. The van der Waals surface area contributed by atoms with Crippen LogP contribution in [0.3, 0.4) is 0 Å². The van der Waals surface area contributed by atoms with Crippen molar-refractivity contribution < 1.29 is 0 Å². The summed E-state index contributed by atoms with van der Waals surface area (Å²) in [6.45, 7) is 7.97. The third-order valence-corrected chi connectivity index (χ3v) is 8.65. The maximum atomic E-state index is 4.42. The topological polar surface area (TPSA) is 56.8 Å². The molecule has 0 spiro atoms. The van der Waals surface area contributed by atoms with E-state index in [0.717, 1.165) is 48.0 Å². The van der Waals surface area contributed by atoms with Crippen LogP contribution in [0.4, 0.5) is 5.82 Å². The fraction of sp³-hybridized carbons (Fsp3) is 0.350. The number of aromatic nitrogens is 3. The van der Waals surface area contributed by atoms with Gasteiger partial charge < -0.3 is 15.2 Å². The van der Waals surface area contributed by atoms with Crippen molar-refractivity contribution in [3.05, 3.63) is 101 Å². The van der Waals surface area contributed by atoms with Crippen molar-refractivity contribution in [2.24, 2.45) is 5.92 Å². The molecule has 234 valence electrons. The SMILES string of the molecule is C1=CCC=c2[nH]c(-c3ccc4ccccc4c3)c(CNCC3CCCCC3)c2=C1.CC.Cc1nc(N(C)C)c2ccccc2n1. The smallest absolute Gasteiger partial charge is 0.139 e. The van der Waals surface area contributed by atoms with E-state index in [0.29, 0.717) is 0 Å². The first-order valence-electron chi connectivity index (χ1n) is 16.8. The van der Waals surface area contributed by atoms with Gasteiger partial charge in [0.1, 0.15) is 11.6 Å². The molecule has 1 saturated carbocycles. The number of allylic oxidation sites excluding steroid dienone is 2. The number of aryl methyl sites for hydroxylation is 1. The Morgan fingerprint density at radius 3 is 2.44 bits per heavy atom. The largest absolute Gasteiger partial charge is 0.362 e. The Labute approximate surface area is 268 Å². The molecule has 0 amide bonds. The third-order valence-electron chi connectivity index (χ3n) is 8.65. The number of para-hydroxylation sites is 1. The minimum absolute atomic E-state index is 0.812. The number of nitrogens with zero attached hydrogens (tertiary/aromatic N) is 3. The highest BCUT2D eigenvalue weighted by molar-refractivity contribution is 5.89. The van der Waals surface area contributed by atoms with Gasteiger partial charge in [-0.3, -0.25) is 0 Å². The molecule has 0 atom stereocenters. The molecule has 2 heterocycles. The van der Waals surface area contributed by atoms with Crippen LogP contribution in [0.25, 0.3) is 45.1 Å². The number of benzene rings is 3. The lowest BCUT2D eigenvalue weighted by Gasteiger charge is -2.21. The molecule has 0 aliphatic heterocycles. The van der Waals surface area contributed by atoms with E-state index < -0.39 is 0 Å². The molecule has 7 rings (SSSR count). The molecule has 1 fully saturated rings. The van der Waals surface area contributed by atoms with Crippen LogP contribution in [0.2, 0.25) is 0 Å². The van der Waals surface area contributed by atoms with E-state index >= 15 is 0 Å². The third kappa shape index (κ3) is 7.90. The highest BCUT2D eigenvalue weighted by Gasteiger charge is 2.15. The highest BCUT2D eigenvalue weighted by Crippen LogP contribution is 2.26. The standard InChI is InChI=1S/C27H30N2.C11H13N3.C2H6/c1-3-9-20(10-4-1)18-28-19-25-24-13-5-2-6-14-26(24)29-27(25)23-16-15-21-11-7-8-12-22(21)17-23;1-8-12-10-7-5-4-6-9(10)11(13-8)14(2)3;1-2/h2,5,7-8,11-17,20,28-29H,1,3-4,6,9-10,18-19H2;4-7H,1-3H3;1-2H3. The Kier molecular flexibility index (Phi) is 11.2. The second-order valence-corrected chi connectivity index (χ2v) is 12.0. The van der Waals surface area contributed by atoms with Gasteiger partial charge in [0, 0.05) is 36.6 Å². The molecular weight excluding hydrogens is 550 g/mol. The number of aromatic amines is 1. The van der Waals surface area contributed by atoms with Crippen LogP contribution in [-0.4, -0.2) is 35.6 Å². The summed E-state index contributed by atoms with van der Waals surface area (Å²) in [6, 6.07) is 23.5. The van der Waals surface area contributed by atoms with Crippen LogP contribution < -0.4 is 20.8 Å². The molecule has 2 aliphatic carbocycles. The first-order chi connectivity index (χ1) is 22.1. The van der Waals surface area contributed by atoms with E-state index in [-0.39, 0.29) is 0 Å². The van der Waals surface area contributed by atoms with Gasteiger partial charge >= 0.3 is 0 Å². The Balaban J connectivity index is 0.000000210. The predicted molar refractivity (Wildman–Crippen MR) is 194 cm³/mol. The van der Waals surface area contributed by atoms with E-state index in [1.54, 1.807) is 0 Å². The zero-order valence-electron chi connectivity index (χ0n) is 27.7. The number of hydrogen-bond acceptors (Lipinski definition) is 4. The maximum absolute atomic E-state index is 4.42. The molecule has 5 nitrogen and oxygen atoms in total. The lowest BCUT2D eigenvalue weighted by molar-refractivity contribution is 0.342. The highest BCUT2D eigenvalue weighted by atomic mass is 15.1. The lowest BCUT2D eigenvalue weighted by atomic mass is 9.89. The molecule has 45 heavy (non-hydrogen) atoms. The number of anilines is 1. The van der Waals surface area contributed by atoms with Gasteiger partial charge in [-0.05, 0) is 78.7 Å². The Morgan fingerprint density at radius 2 is 1.64 bits per heavy atom. The molecule has 0 bridgehead atoms. The molecule has 0 saturated heterocycles. The number of fused-ring (bicyclic) bond motifs is 3. The van der Waals surface area contributed by atoms with E-state index in [9.17, 15) is 0 Å². The Hall–Kier alpha value is -4.22. The van der Waals surface area contributed by atoms with Crippen molar-refractivity contribution >= 4 is 39.6 Å². The number of nitrogens with one attached hydrogen (secondary N) is 2. The van der Waals surface area contributed by atoms with Crippen molar-refractivity contribution in [3.8, 4) is 11.3 Å². The average Bonchev–Trinajstić information content (AvgIpc) is 3.25. The van der Waals surface area contributed by atoms with Gasteiger partial charge in [0.2, 0.25) is 0 Å². The summed E-state index contributed by atoms with van der Waals surface area (Å²) in [5.41, 5.74) is 4.94. The Morgan fingerprint density at radius 1 is 0.889 bits per heavy atom. The van der Waals surface area contributed by atoms with Crippen molar-refractivity contribution in [2.45, 2.75) is 65.8 Å². The summed E-state index contributed by atoms with van der Waals surface area (Å²) in [4.78, 5) is 14.6. The zero-order chi connectivity index (χ0) is 31.6. The van der Waals surface area contributed by atoms with Crippen molar-refractivity contribution in [3.63, 3.8) is 0 Å². The summed E-state index contributed by atoms with van der Waals surface area (Å²) < 4.78 is 0. The van der Waals surface area contributed by atoms with Gasteiger partial charge in [-0.1, -0.05) is 106 Å². The second-order valence-electron chi connectivity index (χ2n) is 12.0. The van der Waals surface area contributed by atoms with Crippen LogP contribution in [0.1, 0.15) is 63.8 Å². The molecule has 2 aromatic heterocycles. The Bertz CT molecular complexity index is 1860. The molecule has 0 unspecified atom stereocenters. The van der Waals surface area contributed by atoms with Crippen LogP contribution in [0.15, 0.2) is 78.9 Å². The lowest BCUT2D eigenvalue weighted by Crippen LogP contribution is -2.29. The van der Waals surface area contributed by atoms with Crippen LogP contribution in [0.5, 0.6) is 0 Å². The summed E-state index contributed by atoms with van der Waals surface area (Å²) in [6.07, 6.45) is 17.0. The fourth-order valence-corrected chi connectivity index (χ4v) is 6.44. The first kappa shape index (κ1) is 32.2. The van der Waals surface area contributed by atoms with E-state index in [4.69, 9.17) is 0 Å². The molecule has 0 radical (unpaired) electrons. The number of hydrogen-bond donors (Lipinski definition) is 2. The first-order valence-corrected chi connectivity index (χ1v) is 16.8. The molecule has 5 heteroatoms. The van der Waals surface area contributed by atoms with Crippen molar-refractivity contribution in [1.29, 1.82) is 0 Å². The molecule has 5 aromatic rings. The monoisotopic (exact) mass is 599 g/mol. The molecular formula is C40H49N5. The van der Waals surface area contributed by atoms with Crippen LogP contribution >= 0.6 is 0 Å². The van der Waals surface area contributed by atoms with Gasteiger partial charge in [0.25, 0.3) is 0 Å². The minimum atomic E-state index is 0.812. The fourth-order valence-electron chi connectivity index (χ4n) is 6.44. The van der Waals surface area contributed by atoms with Gasteiger partial charge in [0.15, 0.2) is 0 Å². The predicted octanol–water partition coefficient (Wildman–Crippen LogP) is 8.06. The average molecular weight is 600 g/mol. The zero-order valence-corrected chi connectivity index (χ0v) is 27.7. The second kappa shape index (κ2) is 15.7. The van der Waals surface area contributed by atoms with Crippen LogP contribution in [0, 0.1) is 12.8 Å². The van der Waals surface area contributed by atoms with Gasteiger partial charge in [-0.2, -0.15) is 0 Å². The van der Waals surface area contributed by atoms with Gasteiger partial charge in [0.05, 0.1) is 11.2 Å². The van der Waals surface area contributed by atoms with Crippen molar-refractivity contribution in [1.82, 2.24) is 20.3 Å². The van der Waals surface area contributed by atoms with E-state index in [1.165, 1.54) is 70.3 Å². The van der Waals surface area contributed by atoms with Crippen LogP contribution in [-0.2, 0) is 6.54 Å².